The van der Waals surface area contributed by atoms with E-state index in [0.717, 1.165) is 5.69 Å². The van der Waals surface area contributed by atoms with Crippen LogP contribution in [0.5, 0.6) is 0 Å². The zero-order valence-electron chi connectivity index (χ0n) is 9.84. The number of anilines is 1. The number of nitrogens with one attached hydrogen (secondary N) is 1. The average Bonchev–Trinajstić information content (AvgIpc) is 2.30. The number of hydrogen-bond donors (Lipinski definition) is 1. The van der Waals surface area contributed by atoms with E-state index in [1.165, 1.54) is 11.8 Å². The highest BCUT2D eigenvalue weighted by molar-refractivity contribution is 8.23. The van der Waals surface area contributed by atoms with Crippen molar-refractivity contribution in [1.82, 2.24) is 9.88 Å². The number of thiocarbonyl (C=S) groups is 1. The van der Waals surface area contributed by atoms with Crippen LogP contribution in [-0.2, 0) is 4.79 Å². The number of hydrogen-bond acceptors (Lipinski definition) is 4. The number of carbonyl (C=O) groups is 1. The molecule has 0 saturated carbocycles. The first-order valence-corrected chi connectivity index (χ1v) is 6.53. The normalized spacial score (nSPS) is 9.76. The minimum absolute atomic E-state index is 0.115. The van der Waals surface area contributed by atoms with E-state index in [0.29, 0.717) is 16.5 Å². The number of aromatic nitrogens is 1. The molecule has 1 N–H and O–H groups in total. The Labute approximate surface area is 111 Å². The highest BCUT2D eigenvalue weighted by Crippen LogP contribution is 2.11. The minimum Gasteiger partial charge on any atom is -0.349 e. The van der Waals surface area contributed by atoms with Crippen LogP contribution in [0.4, 0.5) is 5.69 Å². The number of carbonyl (C=O) groups excluding carboxylic acids is 1. The van der Waals surface area contributed by atoms with Gasteiger partial charge in [0.1, 0.15) is 4.32 Å². The molecule has 4 nitrogen and oxygen atoms in total. The van der Waals surface area contributed by atoms with Crippen molar-refractivity contribution in [3.8, 4) is 0 Å². The summed E-state index contributed by atoms with van der Waals surface area (Å²) in [6.45, 7) is 0. The summed E-state index contributed by atoms with van der Waals surface area (Å²) in [5.41, 5.74) is 0.913. The molecule has 1 heterocycles. The first-order valence-electron chi connectivity index (χ1n) is 5.13. The maximum atomic E-state index is 11.3. The lowest BCUT2D eigenvalue weighted by molar-refractivity contribution is -0.128. The summed E-state index contributed by atoms with van der Waals surface area (Å²) in [5.74, 6) is 0.803. The summed E-state index contributed by atoms with van der Waals surface area (Å²) in [6, 6.07) is 3.69. The van der Waals surface area contributed by atoms with Gasteiger partial charge in [-0.3, -0.25) is 9.78 Å². The molecule has 1 rings (SSSR count). The van der Waals surface area contributed by atoms with Gasteiger partial charge in [0.25, 0.3) is 0 Å². The molecule has 0 aliphatic heterocycles. The second-order valence-corrected chi connectivity index (χ2v) is 5.31. The molecule has 0 fully saturated rings. The zero-order valence-corrected chi connectivity index (χ0v) is 11.5. The van der Waals surface area contributed by atoms with Crippen LogP contribution in [0.3, 0.4) is 0 Å². The highest BCUT2D eigenvalue weighted by atomic mass is 32.2. The molecule has 0 spiro atoms. The SMILES string of the molecule is CN(C)C(=O)CCSC(=S)Nc1ccncc1. The molecule has 1 amide bonds. The second-order valence-electron chi connectivity index (χ2n) is 3.53. The molecule has 17 heavy (non-hydrogen) atoms. The second kappa shape index (κ2) is 7.24. The number of nitrogens with zero attached hydrogens (tertiary/aromatic N) is 2. The van der Waals surface area contributed by atoms with Crippen molar-refractivity contribution in [1.29, 1.82) is 0 Å². The highest BCUT2D eigenvalue weighted by Gasteiger charge is 2.05. The number of thioether (sulfide) groups is 1. The van der Waals surface area contributed by atoms with Gasteiger partial charge in [-0.25, -0.2) is 0 Å². The van der Waals surface area contributed by atoms with Gasteiger partial charge in [0.05, 0.1) is 0 Å². The average molecular weight is 269 g/mol. The molecule has 0 aromatic carbocycles. The summed E-state index contributed by atoms with van der Waals surface area (Å²) in [4.78, 5) is 16.8. The molecule has 1 aromatic rings. The van der Waals surface area contributed by atoms with Gasteiger partial charge >= 0.3 is 0 Å². The summed E-state index contributed by atoms with van der Waals surface area (Å²) in [5, 5.41) is 3.07. The van der Waals surface area contributed by atoms with Gasteiger partial charge < -0.3 is 10.2 Å². The van der Waals surface area contributed by atoms with E-state index in [1.807, 2.05) is 12.1 Å². The minimum atomic E-state index is 0.115. The van der Waals surface area contributed by atoms with Crippen molar-refractivity contribution < 1.29 is 4.79 Å². The van der Waals surface area contributed by atoms with Crippen molar-refractivity contribution in [2.45, 2.75) is 6.42 Å². The Bertz CT molecular complexity index is 382. The monoisotopic (exact) mass is 269 g/mol. The van der Waals surface area contributed by atoms with E-state index in [-0.39, 0.29) is 5.91 Å². The van der Waals surface area contributed by atoms with E-state index in [1.54, 1.807) is 31.4 Å². The van der Waals surface area contributed by atoms with Crippen LogP contribution in [-0.4, -0.2) is 40.0 Å². The molecular formula is C11H15N3OS2. The van der Waals surface area contributed by atoms with Gasteiger partial charge in [-0.1, -0.05) is 24.0 Å². The summed E-state index contributed by atoms with van der Waals surface area (Å²) in [7, 11) is 3.50. The van der Waals surface area contributed by atoms with Crippen LogP contribution < -0.4 is 5.32 Å². The predicted molar refractivity (Wildman–Crippen MR) is 76.2 cm³/mol. The fourth-order valence-corrected chi connectivity index (χ4v) is 2.06. The van der Waals surface area contributed by atoms with Crippen LogP contribution in [0.2, 0.25) is 0 Å². The van der Waals surface area contributed by atoms with Gasteiger partial charge in [-0.15, -0.1) is 0 Å². The standard InChI is InChI=1S/C11H15N3OS2/c1-14(2)10(15)5-8-17-11(16)13-9-3-6-12-7-4-9/h3-4,6-7H,5,8H2,1-2H3,(H,12,13,16). The molecule has 6 heteroatoms. The lowest BCUT2D eigenvalue weighted by Crippen LogP contribution is -2.22. The summed E-state index contributed by atoms with van der Waals surface area (Å²) in [6.07, 6.45) is 3.90. The maximum absolute atomic E-state index is 11.3. The van der Waals surface area contributed by atoms with Crippen molar-refractivity contribution in [2.75, 3.05) is 25.2 Å². The van der Waals surface area contributed by atoms with Gasteiger partial charge in [-0.2, -0.15) is 0 Å². The maximum Gasteiger partial charge on any atom is 0.222 e. The fraction of sp³-hybridized carbons (Fsp3) is 0.364. The third kappa shape index (κ3) is 5.65. The number of rotatable bonds is 4. The quantitative estimate of drug-likeness (QED) is 0.847. The van der Waals surface area contributed by atoms with Crippen molar-refractivity contribution >= 4 is 39.9 Å². The topological polar surface area (TPSA) is 45.2 Å². The Morgan fingerprint density at radius 2 is 2.12 bits per heavy atom. The fourth-order valence-electron chi connectivity index (χ4n) is 1.04. The van der Waals surface area contributed by atoms with Gasteiger partial charge in [0.2, 0.25) is 5.91 Å². The lowest BCUT2D eigenvalue weighted by Gasteiger charge is -2.10. The summed E-state index contributed by atoms with van der Waals surface area (Å²) >= 11 is 6.63. The van der Waals surface area contributed by atoms with Crippen molar-refractivity contribution in [3.63, 3.8) is 0 Å². The van der Waals surface area contributed by atoms with E-state index < -0.39 is 0 Å². The van der Waals surface area contributed by atoms with E-state index in [2.05, 4.69) is 10.3 Å². The number of pyridine rings is 1. The molecule has 1 aromatic heterocycles. The van der Waals surface area contributed by atoms with Crippen LogP contribution >= 0.6 is 24.0 Å². The molecule has 0 atom stereocenters. The Morgan fingerprint density at radius 1 is 1.47 bits per heavy atom. The Kier molecular flexibility index (Phi) is 5.93. The molecular weight excluding hydrogens is 254 g/mol. The third-order valence-corrected chi connectivity index (χ3v) is 3.20. The molecule has 0 unspecified atom stereocenters. The number of amides is 1. The van der Waals surface area contributed by atoms with E-state index >= 15 is 0 Å². The predicted octanol–water partition coefficient (Wildman–Crippen LogP) is 1.99. The molecule has 0 aliphatic carbocycles. The lowest BCUT2D eigenvalue weighted by atomic mass is 10.4. The Balaban J connectivity index is 2.25. The van der Waals surface area contributed by atoms with Crippen LogP contribution in [0.25, 0.3) is 0 Å². The van der Waals surface area contributed by atoms with Crippen molar-refractivity contribution in [2.24, 2.45) is 0 Å². The summed E-state index contributed by atoms with van der Waals surface area (Å²) < 4.78 is 0.669. The molecule has 92 valence electrons. The van der Waals surface area contributed by atoms with E-state index in [9.17, 15) is 4.79 Å². The van der Waals surface area contributed by atoms with Gasteiger partial charge in [0.15, 0.2) is 0 Å². The first kappa shape index (κ1) is 13.9. The zero-order chi connectivity index (χ0) is 12.7. The van der Waals surface area contributed by atoms with Crippen LogP contribution in [0, 0.1) is 0 Å². The molecule has 0 radical (unpaired) electrons. The Morgan fingerprint density at radius 3 is 2.71 bits per heavy atom. The molecule has 0 bridgehead atoms. The third-order valence-electron chi connectivity index (χ3n) is 1.97. The van der Waals surface area contributed by atoms with Crippen LogP contribution in [0.15, 0.2) is 24.5 Å². The van der Waals surface area contributed by atoms with Crippen molar-refractivity contribution in [3.05, 3.63) is 24.5 Å². The molecule has 0 aliphatic rings. The largest absolute Gasteiger partial charge is 0.349 e. The first-order chi connectivity index (χ1) is 8.09. The van der Waals surface area contributed by atoms with Gasteiger partial charge in [-0.05, 0) is 12.1 Å². The molecule has 0 saturated heterocycles. The van der Waals surface area contributed by atoms with E-state index in [4.69, 9.17) is 12.2 Å². The Hall–Kier alpha value is -1.14. The smallest absolute Gasteiger partial charge is 0.222 e. The van der Waals surface area contributed by atoms with Gasteiger partial charge in [0, 0.05) is 44.4 Å². The van der Waals surface area contributed by atoms with Crippen LogP contribution in [0.1, 0.15) is 6.42 Å².